The van der Waals surface area contributed by atoms with E-state index in [1.165, 1.54) is 0 Å². The summed E-state index contributed by atoms with van der Waals surface area (Å²) < 4.78 is 0. The van der Waals surface area contributed by atoms with Crippen molar-refractivity contribution in [1.29, 1.82) is 0 Å². The van der Waals surface area contributed by atoms with Gasteiger partial charge < -0.3 is 15.6 Å². The molecule has 0 bridgehead atoms. The Morgan fingerprint density at radius 1 is 1.00 bits per heavy atom. The van der Waals surface area contributed by atoms with Gasteiger partial charge in [0.2, 0.25) is 0 Å². The largest absolute Gasteiger partial charge is 0.355 e. The molecule has 1 aromatic heterocycles. The van der Waals surface area contributed by atoms with Crippen LogP contribution in [0.2, 0.25) is 0 Å². The molecule has 0 aliphatic heterocycles. The second kappa shape index (κ2) is 5.69. The average molecular weight is 294 g/mol. The molecule has 1 heterocycles. The highest BCUT2D eigenvalue weighted by Gasteiger charge is 2.09. The van der Waals surface area contributed by atoms with Crippen LogP contribution in [0.3, 0.4) is 0 Å². The lowest BCUT2D eigenvalue weighted by Crippen LogP contribution is -2.17. The number of fused-ring (bicyclic) bond motifs is 1. The summed E-state index contributed by atoms with van der Waals surface area (Å²) in [6.45, 7) is 0. The summed E-state index contributed by atoms with van der Waals surface area (Å²) in [5.74, 6) is -0.383. The molecule has 3 N–H and O–H groups in total. The van der Waals surface area contributed by atoms with Gasteiger partial charge in [-0.25, -0.2) is 4.98 Å². The average Bonchev–Trinajstić information content (AvgIpc) is 3.02. The summed E-state index contributed by atoms with van der Waals surface area (Å²) >= 11 is 0. The van der Waals surface area contributed by atoms with Crippen molar-refractivity contribution in [3.05, 3.63) is 59.9 Å². The molecule has 0 spiro atoms. The molecule has 0 aliphatic carbocycles. The zero-order chi connectivity index (χ0) is 15.5. The van der Waals surface area contributed by atoms with Gasteiger partial charge in [0.1, 0.15) is 0 Å². The molecule has 2 amide bonds. The number of hydrogen-bond donors (Lipinski definition) is 3. The maximum Gasteiger partial charge on any atom is 0.255 e. The quantitative estimate of drug-likeness (QED) is 0.692. The standard InChI is InChI=1S/C16H14N4O2/c1-17-15(21)10-2-5-12(6-3-10)20-16(22)11-4-7-13-14(8-11)19-9-18-13/h2-9H,1H3,(H,17,21)(H,18,19)(H,20,22). The Bertz CT molecular complexity index is 837. The van der Waals surface area contributed by atoms with Crippen molar-refractivity contribution >= 4 is 28.5 Å². The second-order valence-corrected chi connectivity index (χ2v) is 4.75. The molecule has 0 atom stereocenters. The topological polar surface area (TPSA) is 86.9 Å². The number of H-pyrrole nitrogens is 1. The monoisotopic (exact) mass is 294 g/mol. The van der Waals surface area contributed by atoms with Crippen LogP contribution >= 0.6 is 0 Å². The van der Waals surface area contributed by atoms with Gasteiger partial charge in [-0.3, -0.25) is 9.59 Å². The van der Waals surface area contributed by atoms with Gasteiger partial charge in [-0.15, -0.1) is 0 Å². The van der Waals surface area contributed by atoms with E-state index < -0.39 is 0 Å². The summed E-state index contributed by atoms with van der Waals surface area (Å²) in [6.07, 6.45) is 1.59. The number of amides is 2. The van der Waals surface area contributed by atoms with E-state index >= 15 is 0 Å². The minimum Gasteiger partial charge on any atom is -0.355 e. The smallest absolute Gasteiger partial charge is 0.255 e. The minimum atomic E-state index is -0.218. The predicted octanol–water partition coefficient (Wildman–Crippen LogP) is 2.17. The first-order valence-corrected chi connectivity index (χ1v) is 6.74. The van der Waals surface area contributed by atoms with Crippen LogP contribution in [0.1, 0.15) is 20.7 Å². The third-order valence-electron chi connectivity index (χ3n) is 3.31. The summed E-state index contributed by atoms with van der Waals surface area (Å²) in [6, 6.07) is 12.0. The highest BCUT2D eigenvalue weighted by Crippen LogP contribution is 2.15. The van der Waals surface area contributed by atoms with Crippen molar-refractivity contribution in [3.63, 3.8) is 0 Å². The summed E-state index contributed by atoms with van der Waals surface area (Å²) in [5, 5.41) is 5.34. The molecular formula is C16H14N4O2. The highest BCUT2D eigenvalue weighted by molar-refractivity contribution is 6.06. The van der Waals surface area contributed by atoms with Crippen LogP contribution in [0.15, 0.2) is 48.8 Å². The molecule has 6 nitrogen and oxygen atoms in total. The third-order valence-corrected chi connectivity index (χ3v) is 3.31. The van der Waals surface area contributed by atoms with Crippen LogP contribution in [-0.4, -0.2) is 28.8 Å². The number of anilines is 1. The fourth-order valence-electron chi connectivity index (χ4n) is 2.13. The van der Waals surface area contributed by atoms with Crippen molar-refractivity contribution in [1.82, 2.24) is 15.3 Å². The molecule has 6 heteroatoms. The zero-order valence-corrected chi connectivity index (χ0v) is 11.9. The Morgan fingerprint density at radius 2 is 1.73 bits per heavy atom. The fourth-order valence-corrected chi connectivity index (χ4v) is 2.13. The molecule has 110 valence electrons. The summed E-state index contributed by atoms with van der Waals surface area (Å²) in [4.78, 5) is 30.8. The van der Waals surface area contributed by atoms with Crippen molar-refractivity contribution in [3.8, 4) is 0 Å². The van der Waals surface area contributed by atoms with E-state index in [4.69, 9.17) is 0 Å². The molecule has 2 aromatic carbocycles. The van der Waals surface area contributed by atoms with E-state index in [-0.39, 0.29) is 11.8 Å². The SMILES string of the molecule is CNC(=O)c1ccc(NC(=O)c2ccc3nc[nH]c3c2)cc1. The Hall–Kier alpha value is -3.15. The molecule has 0 saturated heterocycles. The van der Waals surface area contributed by atoms with Gasteiger partial charge in [-0.2, -0.15) is 0 Å². The lowest BCUT2D eigenvalue weighted by atomic mass is 10.1. The molecule has 22 heavy (non-hydrogen) atoms. The van der Waals surface area contributed by atoms with E-state index in [9.17, 15) is 9.59 Å². The molecule has 3 aromatic rings. The van der Waals surface area contributed by atoms with E-state index in [1.807, 2.05) is 0 Å². The third kappa shape index (κ3) is 2.67. The van der Waals surface area contributed by atoms with Gasteiger partial charge in [0, 0.05) is 23.9 Å². The van der Waals surface area contributed by atoms with Crippen LogP contribution in [0.25, 0.3) is 11.0 Å². The van der Waals surface area contributed by atoms with Gasteiger partial charge >= 0.3 is 0 Å². The number of nitrogens with one attached hydrogen (secondary N) is 3. The van der Waals surface area contributed by atoms with Gasteiger partial charge in [0.15, 0.2) is 0 Å². The van der Waals surface area contributed by atoms with Gasteiger partial charge in [0.25, 0.3) is 11.8 Å². The Balaban J connectivity index is 1.77. The Kier molecular flexibility index (Phi) is 3.57. The number of aromatic amines is 1. The van der Waals surface area contributed by atoms with Crippen molar-refractivity contribution < 1.29 is 9.59 Å². The minimum absolute atomic E-state index is 0.164. The highest BCUT2D eigenvalue weighted by atomic mass is 16.2. The molecular weight excluding hydrogens is 280 g/mol. The second-order valence-electron chi connectivity index (χ2n) is 4.75. The first-order chi connectivity index (χ1) is 10.7. The number of imidazole rings is 1. The number of aromatic nitrogens is 2. The van der Waals surface area contributed by atoms with Crippen LogP contribution in [0.4, 0.5) is 5.69 Å². The van der Waals surface area contributed by atoms with Gasteiger partial charge in [-0.05, 0) is 42.5 Å². The number of carbonyl (C=O) groups is 2. The fraction of sp³-hybridized carbons (Fsp3) is 0.0625. The Labute approximate surface area is 126 Å². The van der Waals surface area contributed by atoms with E-state index in [0.29, 0.717) is 16.8 Å². The lowest BCUT2D eigenvalue weighted by Gasteiger charge is -2.06. The van der Waals surface area contributed by atoms with Crippen LogP contribution < -0.4 is 10.6 Å². The first-order valence-electron chi connectivity index (χ1n) is 6.74. The molecule has 0 fully saturated rings. The number of nitrogens with zero attached hydrogens (tertiary/aromatic N) is 1. The molecule has 0 radical (unpaired) electrons. The normalized spacial score (nSPS) is 10.4. The summed E-state index contributed by atoms with van der Waals surface area (Å²) in [5.41, 5.74) is 3.32. The van der Waals surface area contributed by atoms with E-state index in [0.717, 1.165) is 11.0 Å². The van der Waals surface area contributed by atoms with Crippen molar-refractivity contribution in [2.75, 3.05) is 12.4 Å². The van der Waals surface area contributed by atoms with Crippen LogP contribution in [0, 0.1) is 0 Å². The summed E-state index contributed by atoms with van der Waals surface area (Å²) in [7, 11) is 1.57. The maximum atomic E-state index is 12.2. The molecule has 0 saturated carbocycles. The predicted molar refractivity (Wildman–Crippen MR) is 83.9 cm³/mol. The maximum absolute atomic E-state index is 12.2. The van der Waals surface area contributed by atoms with Crippen LogP contribution in [0.5, 0.6) is 0 Å². The number of hydrogen-bond acceptors (Lipinski definition) is 3. The number of carbonyl (C=O) groups excluding carboxylic acids is 2. The Morgan fingerprint density at radius 3 is 2.45 bits per heavy atom. The van der Waals surface area contributed by atoms with Gasteiger partial charge in [0.05, 0.1) is 17.4 Å². The van der Waals surface area contributed by atoms with E-state index in [1.54, 1.807) is 55.8 Å². The van der Waals surface area contributed by atoms with Crippen molar-refractivity contribution in [2.45, 2.75) is 0 Å². The molecule has 0 aliphatic rings. The van der Waals surface area contributed by atoms with Gasteiger partial charge in [-0.1, -0.05) is 0 Å². The number of rotatable bonds is 3. The van der Waals surface area contributed by atoms with E-state index in [2.05, 4.69) is 20.6 Å². The zero-order valence-electron chi connectivity index (χ0n) is 11.9. The lowest BCUT2D eigenvalue weighted by molar-refractivity contribution is 0.0962. The molecule has 0 unspecified atom stereocenters. The first kappa shape index (κ1) is 13.8. The van der Waals surface area contributed by atoms with Crippen molar-refractivity contribution in [2.24, 2.45) is 0 Å². The van der Waals surface area contributed by atoms with Crippen LogP contribution in [-0.2, 0) is 0 Å². The molecule has 3 rings (SSSR count). The number of benzene rings is 2.